The Balaban J connectivity index is 1.80. The van der Waals surface area contributed by atoms with Crippen LogP contribution in [0.3, 0.4) is 0 Å². The SMILES string of the molecule is CN1CCc2nc(NC3CC3)sc2C1. The Kier molecular flexibility index (Phi) is 1.99. The van der Waals surface area contributed by atoms with Crippen molar-refractivity contribution in [3.8, 4) is 0 Å². The van der Waals surface area contributed by atoms with Gasteiger partial charge in [0.05, 0.1) is 5.69 Å². The fraction of sp³-hybridized carbons (Fsp3) is 0.700. The summed E-state index contributed by atoms with van der Waals surface area (Å²) >= 11 is 1.84. The van der Waals surface area contributed by atoms with Crippen molar-refractivity contribution in [2.45, 2.75) is 31.8 Å². The van der Waals surface area contributed by atoms with Gasteiger partial charge in [-0.3, -0.25) is 0 Å². The molecule has 0 aromatic carbocycles. The van der Waals surface area contributed by atoms with Gasteiger partial charge in [0.2, 0.25) is 0 Å². The highest BCUT2D eigenvalue weighted by molar-refractivity contribution is 7.15. The van der Waals surface area contributed by atoms with Gasteiger partial charge < -0.3 is 10.2 Å². The second-order valence-corrected chi connectivity index (χ2v) is 5.38. The molecule has 0 atom stereocenters. The molecular formula is C10H15N3S. The Morgan fingerprint density at radius 1 is 1.50 bits per heavy atom. The summed E-state index contributed by atoms with van der Waals surface area (Å²) in [6, 6.07) is 0.723. The molecule has 1 aliphatic heterocycles. The number of hydrogen-bond donors (Lipinski definition) is 1. The third-order valence-corrected chi connectivity index (χ3v) is 3.84. The van der Waals surface area contributed by atoms with E-state index in [4.69, 9.17) is 0 Å². The number of nitrogens with zero attached hydrogens (tertiary/aromatic N) is 2. The summed E-state index contributed by atoms with van der Waals surface area (Å²) < 4.78 is 0. The summed E-state index contributed by atoms with van der Waals surface area (Å²) in [5.74, 6) is 0. The molecule has 0 amide bonds. The maximum atomic E-state index is 4.65. The molecular weight excluding hydrogens is 194 g/mol. The van der Waals surface area contributed by atoms with Crippen LogP contribution in [0.5, 0.6) is 0 Å². The molecule has 1 aromatic heterocycles. The fourth-order valence-electron chi connectivity index (χ4n) is 1.79. The average molecular weight is 209 g/mol. The molecule has 1 aromatic rings. The largest absolute Gasteiger partial charge is 0.359 e. The van der Waals surface area contributed by atoms with Crippen molar-refractivity contribution < 1.29 is 0 Å². The van der Waals surface area contributed by atoms with Gasteiger partial charge in [-0.25, -0.2) is 4.98 Å². The van der Waals surface area contributed by atoms with E-state index in [0.29, 0.717) is 0 Å². The lowest BCUT2D eigenvalue weighted by Crippen LogP contribution is -2.25. The lowest BCUT2D eigenvalue weighted by Gasteiger charge is -2.20. The summed E-state index contributed by atoms with van der Waals surface area (Å²) in [7, 11) is 2.18. The van der Waals surface area contributed by atoms with Crippen molar-refractivity contribution >= 4 is 16.5 Å². The third kappa shape index (κ3) is 1.64. The molecule has 3 rings (SSSR count). The van der Waals surface area contributed by atoms with Gasteiger partial charge in [0.25, 0.3) is 0 Å². The van der Waals surface area contributed by atoms with Crippen LogP contribution in [0.1, 0.15) is 23.4 Å². The second-order valence-electron chi connectivity index (χ2n) is 4.30. The third-order valence-electron chi connectivity index (χ3n) is 2.83. The van der Waals surface area contributed by atoms with Crippen LogP contribution in [0.25, 0.3) is 0 Å². The van der Waals surface area contributed by atoms with Crippen molar-refractivity contribution in [2.24, 2.45) is 0 Å². The topological polar surface area (TPSA) is 28.2 Å². The fourth-order valence-corrected chi connectivity index (χ4v) is 2.95. The summed E-state index contributed by atoms with van der Waals surface area (Å²) in [6.45, 7) is 2.24. The predicted octanol–water partition coefficient (Wildman–Crippen LogP) is 1.71. The summed E-state index contributed by atoms with van der Waals surface area (Å²) in [5, 5.41) is 4.62. The minimum atomic E-state index is 0.723. The van der Waals surface area contributed by atoms with E-state index in [0.717, 1.165) is 30.7 Å². The molecule has 1 saturated carbocycles. The zero-order chi connectivity index (χ0) is 9.54. The Morgan fingerprint density at radius 2 is 2.36 bits per heavy atom. The van der Waals surface area contributed by atoms with Crippen LogP contribution in [0.2, 0.25) is 0 Å². The van der Waals surface area contributed by atoms with Crippen LogP contribution in [-0.4, -0.2) is 29.5 Å². The van der Waals surface area contributed by atoms with E-state index in [1.165, 1.54) is 23.4 Å². The van der Waals surface area contributed by atoms with E-state index >= 15 is 0 Å². The number of rotatable bonds is 2. The Hall–Kier alpha value is -0.610. The van der Waals surface area contributed by atoms with Gasteiger partial charge in [0.1, 0.15) is 0 Å². The quantitative estimate of drug-likeness (QED) is 0.803. The standard InChI is InChI=1S/C10H15N3S/c1-13-5-4-8-9(6-13)14-10(12-8)11-7-2-3-7/h7H,2-6H2,1H3,(H,11,12). The van der Waals surface area contributed by atoms with Crippen LogP contribution in [-0.2, 0) is 13.0 Å². The second kappa shape index (κ2) is 3.21. The molecule has 0 saturated heterocycles. The number of likely N-dealkylation sites (N-methyl/N-ethyl adjacent to an activating group) is 1. The molecule has 2 aliphatic rings. The van der Waals surface area contributed by atoms with Gasteiger partial charge >= 0.3 is 0 Å². The number of hydrogen-bond acceptors (Lipinski definition) is 4. The lowest BCUT2D eigenvalue weighted by atomic mass is 10.2. The van der Waals surface area contributed by atoms with Crippen LogP contribution < -0.4 is 5.32 Å². The van der Waals surface area contributed by atoms with Crippen LogP contribution >= 0.6 is 11.3 Å². The van der Waals surface area contributed by atoms with Gasteiger partial charge in [-0.2, -0.15) is 0 Å². The first-order valence-corrected chi connectivity index (χ1v) is 6.06. The lowest BCUT2D eigenvalue weighted by molar-refractivity contribution is 0.314. The summed E-state index contributed by atoms with van der Waals surface area (Å²) in [4.78, 5) is 8.47. The van der Waals surface area contributed by atoms with Gasteiger partial charge in [-0.1, -0.05) is 0 Å². The number of aromatic nitrogens is 1. The molecule has 14 heavy (non-hydrogen) atoms. The van der Waals surface area contributed by atoms with Crippen LogP contribution in [0, 0.1) is 0 Å². The van der Waals surface area contributed by atoms with E-state index in [-0.39, 0.29) is 0 Å². The molecule has 0 spiro atoms. The van der Waals surface area contributed by atoms with E-state index in [9.17, 15) is 0 Å². The van der Waals surface area contributed by atoms with Crippen molar-refractivity contribution in [2.75, 3.05) is 18.9 Å². The molecule has 4 heteroatoms. The number of thiazole rings is 1. The first kappa shape index (κ1) is 8.68. The van der Waals surface area contributed by atoms with Crippen LogP contribution in [0.15, 0.2) is 0 Å². The smallest absolute Gasteiger partial charge is 0.183 e. The molecule has 76 valence electrons. The van der Waals surface area contributed by atoms with E-state index in [1.807, 2.05) is 11.3 Å². The van der Waals surface area contributed by atoms with E-state index in [1.54, 1.807) is 0 Å². The van der Waals surface area contributed by atoms with Gasteiger partial charge in [0.15, 0.2) is 5.13 Å². The number of anilines is 1. The molecule has 0 unspecified atom stereocenters. The first-order chi connectivity index (χ1) is 6.81. The van der Waals surface area contributed by atoms with Gasteiger partial charge in [0, 0.05) is 30.4 Å². The first-order valence-electron chi connectivity index (χ1n) is 5.25. The maximum absolute atomic E-state index is 4.65. The Morgan fingerprint density at radius 3 is 3.14 bits per heavy atom. The molecule has 3 nitrogen and oxygen atoms in total. The van der Waals surface area contributed by atoms with Crippen molar-refractivity contribution in [1.29, 1.82) is 0 Å². The summed E-state index contributed by atoms with van der Waals surface area (Å²) in [5.41, 5.74) is 1.33. The highest BCUT2D eigenvalue weighted by Gasteiger charge is 2.24. The van der Waals surface area contributed by atoms with Crippen molar-refractivity contribution in [3.05, 3.63) is 10.6 Å². The zero-order valence-electron chi connectivity index (χ0n) is 8.42. The van der Waals surface area contributed by atoms with Crippen molar-refractivity contribution in [1.82, 2.24) is 9.88 Å². The average Bonchev–Trinajstić information content (AvgIpc) is 2.84. The predicted molar refractivity (Wildman–Crippen MR) is 58.8 cm³/mol. The minimum absolute atomic E-state index is 0.723. The van der Waals surface area contributed by atoms with Gasteiger partial charge in [-0.05, 0) is 19.9 Å². The molecule has 0 bridgehead atoms. The maximum Gasteiger partial charge on any atom is 0.183 e. The molecule has 1 fully saturated rings. The molecule has 1 N–H and O–H groups in total. The summed E-state index contributed by atoms with van der Waals surface area (Å²) in [6.07, 6.45) is 3.77. The number of fused-ring (bicyclic) bond motifs is 1. The molecule has 2 heterocycles. The zero-order valence-corrected chi connectivity index (χ0v) is 9.23. The molecule has 0 radical (unpaired) electrons. The Labute approximate surface area is 88.1 Å². The normalized spacial score (nSPS) is 22.1. The van der Waals surface area contributed by atoms with E-state index in [2.05, 4.69) is 22.2 Å². The monoisotopic (exact) mass is 209 g/mol. The Bertz CT molecular complexity index is 343. The minimum Gasteiger partial charge on any atom is -0.359 e. The number of nitrogens with one attached hydrogen (secondary N) is 1. The van der Waals surface area contributed by atoms with Crippen LogP contribution in [0.4, 0.5) is 5.13 Å². The van der Waals surface area contributed by atoms with E-state index < -0.39 is 0 Å². The highest BCUT2D eigenvalue weighted by atomic mass is 32.1. The van der Waals surface area contributed by atoms with Crippen molar-refractivity contribution in [3.63, 3.8) is 0 Å². The molecule has 1 aliphatic carbocycles. The van der Waals surface area contributed by atoms with Gasteiger partial charge in [-0.15, -0.1) is 11.3 Å². The highest BCUT2D eigenvalue weighted by Crippen LogP contribution is 2.31.